The lowest BCUT2D eigenvalue weighted by molar-refractivity contribution is 0.825. The molecule has 0 amide bonds. The Balaban J connectivity index is 2.93. The van der Waals surface area contributed by atoms with Gasteiger partial charge in [0.1, 0.15) is 5.82 Å². The van der Waals surface area contributed by atoms with Gasteiger partial charge in [-0.2, -0.15) is 0 Å². The van der Waals surface area contributed by atoms with Crippen LogP contribution in [0.5, 0.6) is 0 Å². The highest BCUT2D eigenvalue weighted by molar-refractivity contribution is 5.67. The second-order valence-corrected chi connectivity index (χ2v) is 3.56. The first-order valence-electron chi connectivity index (χ1n) is 5.95. The van der Waals surface area contributed by atoms with Crippen LogP contribution < -0.4 is 9.80 Å². The van der Waals surface area contributed by atoms with Crippen LogP contribution in [0.15, 0.2) is 12.3 Å². The normalized spacial score (nSPS) is 10.4. The first-order valence-corrected chi connectivity index (χ1v) is 5.95. The number of H-pyrrole nitrogens is 1. The van der Waals surface area contributed by atoms with Gasteiger partial charge in [-0.25, -0.2) is 0 Å². The van der Waals surface area contributed by atoms with E-state index in [-0.39, 0.29) is 0 Å². The van der Waals surface area contributed by atoms with Gasteiger partial charge in [-0.3, -0.25) is 0 Å². The van der Waals surface area contributed by atoms with E-state index in [1.165, 1.54) is 11.5 Å². The molecule has 0 radical (unpaired) electrons. The summed E-state index contributed by atoms with van der Waals surface area (Å²) in [6.45, 7) is 13.0. The number of aromatic amines is 1. The summed E-state index contributed by atoms with van der Waals surface area (Å²) < 4.78 is 0. The lowest BCUT2D eigenvalue weighted by Crippen LogP contribution is -2.27. The summed E-state index contributed by atoms with van der Waals surface area (Å²) in [6, 6.07) is 2.17. The second kappa shape index (κ2) is 5.69. The summed E-state index contributed by atoms with van der Waals surface area (Å²) in [5.74, 6) is 1.25. The Morgan fingerprint density at radius 1 is 0.933 bits per heavy atom. The molecule has 15 heavy (non-hydrogen) atoms. The fourth-order valence-electron chi connectivity index (χ4n) is 1.97. The van der Waals surface area contributed by atoms with E-state index >= 15 is 0 Å². The van der Waals surface area contributed by atoms with Crippen molar-refractivity contribution >= 4 is 11.5 Å². The molecule has 0 atom stereocenters. The Kier molecular flexibility index (Phi) is 4.53. The van der Waals surface area contributed by atoms with Crippen LogP contribution in [-0.2, 0) is 0 Å². The van der Waals surface area contributed by atoms with Gasteiger partial charge in [-0.15, -0.1) is 0 Å². The SMILES string of the molecule is CCN(CC)c1cc[nH]c1N(CC)CC. The van der Waals surface area contributed by atoms with Gasteiger partial charge in [0.05, 0.1) is 5.69 Å². The lowest BCUT2D eigenvalue weighted by Gasteiger charge is -2.27. The Labute approximate surface area is 93.1 Å². The molecule has 0 unspecified atom stereocenters. The minimum atomic E-state index is 1.05. The molecule has 0 fully saturated rings. The summed E-state index contributed by atoms with van der Waals surface area (Å²) in [5.41, 5.74) is 1.32. The molecular weight excluding hydrogens is 186 g/mol. The van der Waals surface area contributed by atoms with Gasteiger partial charge >= 0.3 is 0 Å². The van der Waals surface area contributed by atoms with Crippen molar-refractivity contribution in [3.05, 3.63) is 12.3 Å². The second-order valence-electron chi connectivity index (χ2n) is 3.56. The summed E-state index contributed by atoms with van der Waals surface area (Å²) in [5, 5.41) is 0. The fraction of sp³-hybridized carbons (Fsp3) is 0.667. The van der Waals surface area contributed by atoms with Crippen molar-refractivity contribution in [2.24, 2.45) is 0 Å². The Hall–Kier alpha value is -1.12. The van der Waals surface area contributed by atoms with Gasteiger partial charge in [-0.1, -0.05) is 0 Å². The minimum absolute atomic E-state index is 1.05. The van der Waals surface area contributed by atoms with Crippen LogP contribution in [0.25, 0.3) is 0 Å². The maximum absolute atomic E-state index is 3.34. The standard InChI is InChI=1S/C12H23N3/c1-5-14(6-2)11-9-10-13-12(11)15(7-3)8-4/h9-10,13H,5-8H2,1-4H3. The predicted octanol–water partition coefficient (Wildman–Crippen LogP) is 2.71. The van der Waals surface area contributed by atoms with Crippen LogP contribution in [0, 0.1) is 0 Å². The summed E-state index contributed by atoms with van der Waals surface area (Å²) in [7, 11) is 0. The van der Waals surface area contributed by atoms with Gasteiger partial charge in [0, 0.05) is 32.4 Å². The Morgan fingerprint density at radius 3 is 1.93 bits per heavy atom. The van der Waals surface area contributed by atoms with Crippen molar-refractivity contribution in [3.63, 3.8) is 0 Å². The molecule has 1 heterocycles. The average Bonchev–Trinajstić information content (AvgIpc) is 2.71. The molecule has 3 nitrogen and oxygen atoms in total. The van der Waals surface area contributed by atoms with E-state index in [1.807, 2.05) is 6.20 Å². The molecule has 1 N–H and O–H groups in total. The molecule has 0 aliphatic rings. The summed E-state index contributed by atoms with van der Waals surface area (Å²) in [6.07, 6.45) is 2.03. The predicted molar refractivity (Wildman–Crippen MR) is 67.9 cm³/mol. The fourth-order valence-corrected chi connectivity index (χ4v) is 1.97. The maximum atomic E-state index is 3.34. The van der Waals surface area contributed by atoms with Crippen molar-refractivity contribution in [1.29, 1.82) is 0 Å². The molecule has 0 aliphatic heterocycles. The summed E-state index contributed by atoms with van der Waals surface area (Å²) in [4.78, 5) is 8.07. The third-order valence-electron chi connectivity index (χ3n) is 2.89. The van der Waals surface area contributed by atoms with Gasteiger partial charge in [0.15, 0.2) is 0 Å². The molecule has 0 bridgehead atoms. The lowest BCUT2D eigenvalue weighted by atomic mass is 10.3. The molecule has 86 valence electrons. The number of aromatic nitrogens is 1. The van der Waals surface area contributed by atoms with E-state index in [9.17, 15) is 0 Å². The summed E-state index contributed by atoms with van der Waals surface area (Å²) >= 11 is 0. The first-order chi connectivity index (χ1) is 7.28. The van der Waals surface area contributed by atoms with Crippen molar-refractivity contribution in [1.82, 2.24) is 4.98 Å². The molecule has 0 saturated carbocycles. The van der Waals surface area contributed by atoms with Crippen LogP contribution in [-0.4, -0.2) is 31.2 Å². The van der Waals surface area contributed by atoms with E-state index in [4.69, 9.17) is 0 Å². The average molecular weight is 209 g/mol. The highest BCUT2D eigenvalue weighted by atomic mass is 15.2. The monoisotopic (exact) mass is 209 g/mol. The minimum Gasteiger partial charge on any atom is -0.369 e. The van der Waals surface area contributed by atoms with Crippen molar-refractivity contribution in [3.8, 4) is 0 Å². The van der Waals surface area contributed by atoms with Crippen LogP contribution in [0.3, 0.4) is 0 Å². The van der Waals surface area contributed by atoms with Gasteiger partial charge < -0.3 is 14.8 Å². The molecule has 1 rings (SSSR count). The molecule has 3 heteroatoms. The molecule has 1 aromatic rings. The quantitative estimate of drug-likeness (QED) is 0.778. The highest BCUT2D eigenvalue weighted by Gasteiger charge is 2.13. The largest absolute Gasteiger partial charge is 0.369 e. The van der Waals surface area contributed by atoms with Gasteiger partial charge in [0.25, 0.3) is 0 Å². The van der Waals surface area contributed by atoms with Crippen molar-refractivity contribution < 1.29 is 0 Å². The Bertz CT molecular complexity index is 246. The molecule has 0 aromatic carbocycles. The van der Waals surface area contributed by atoms with Crippen molar-refractivity contribution in [2.75, 3.05) is 36.0 Å². The third kappa shape index (κ3) is 2.46. The van der Waals surface area contributed by atoms with E-state index < -0.39 is 0 Å². The van der Waals surface area contributed by atoms with Crippen LogP contribution in [0.2, 0.25) is 0 Å². The number of rotatable bonds is 6. The van der Waals surface area contributed by atoms with Crippen molar-refractivity contribution in [2.45, 2.75) is 27.7 Å². The molecule has 1 aromatic heterocycles. The molecule has 0 aliphatic carbocycles. The van der Waals surface area contributed by atoms with Gasteiger partial charge in [-0.05, 0) is 33.8 Å². The Morgan fingerprint density at radius 2 is 1.47 bits per heavy atom. The zero-order valence-corrected chi connectivity index (χ0v) is 10.4. The number of hydrogen-bond donors (Lipinski definition) is 1. The molecule has 0 spiro atoms. The van der Waals surface area contributed by atoms with Gasteiger partial charge in [0.2, 0.25) is 0 Å². The molecular formula is C12H23N3. The highest BCUT2D eigenvalue weighted by Crippen LogP contribution is 2.27. The zero-order valence-electron chi connectivity index (χ0n) is 10.4. The number of nitrogens with zero attached hydrogens (tertiary/aromatic N) is 2. The third-order valence-corrected chi connectivity index (χ3v) is 2.89. The number of anilines is 2. The van der Waals surface area contributed by atoms with E-state index in [0.717, 1.165) is 26.2 Å². The van der Waals surface area contributed by atoms with E-state index in [2.05, 4.69) is 48.5 Å². The maximum Gasteiger partial charge on any atom is 0.129 e. The number of hydrogen-bond acceptors (Lipinski definition) is 2. The molecule has 0 saturated heterocycles. The van der Waals surface area contributed by atoms with E-state index in [0.29, 0.717) is 0 Å². The zero-order chi connectivity index (χ0) is 11.3. The first kappa shape index (κ1) is 12.0. The smallest absolute Gasteiger partial charge is 0.129 e. The topological polar surface area (TPSA) is 22.3 Å². The van der Waals surface area contributed by atoms with Crippen LogP contribution >= 0.6 is 0 Å². The van der Waals surface area contributed by atoms with E-state index in [1.54, 1.807) is 0 Å². The van der Waals surface area contributed by atoms with Crippen LogP contribution in [0.1, 0.15) is 27.7 Å². The van der Waals surface area contributed by atoms with Crippen LogP contribution in [0.4, 0.5) is 11.5 Å². The number of nitrogens with one attached hydrogen (secondary N) is 1.